The molecule has 0 saturated carbocycles. The standard InChI is InChI=1S/C8H10F2N2O2.C2H6/c1-5-3-6(8(13)14-2)12(11-5)4-7(9)10;1-2/h3,7H,4H2,1-2H3;1-2H3. The van der Waals surface area contributed by atoms with Gasteiger partial charge >= 0.3 is 5.97 Å². The summed E-state index contributed by atoms with van der Waals surface area (Å²) in [5, 5.41) is 3.76. The van der Waals surface area contributed by atoms with Gasteiger partial charge in [0.25, 0.3) is 6.43 Å². The zero-order valence-electron chi connectivity index (χ0n) is 9.83. The van der Waals surface area contributed by atoms with Gasteiger partial charge in [0, 0.05) is 0 Å². The third kappa shape index (κ3) is 3.96. The number of esters is 1. The van der Waals surface area contributed by atoms with Gasteiger partial charge < -0.3 is 4.74 Å². The summed E-state index contributed by atoms with van der Waals surface area (Å²) in [6.07, 6.45) is -2.54. The first-order chi connectivity index (χ1) is 7.54. The minimum absolute atomic E-state index is 0.0466. The zero-order valence-corrected chi connectivity index (χ0v) is 9.83. The Morgan fingerprint density at radius 1 is 1.56 bits per heavy atom. The second-order valence-corrected chi connectivity index (χ2v) is 2.74. The Kier molecular flexibility index (Phi) is 6.29. The van der Waals surface area contributed by atoms with Crippen LogP contribution in [0.2, 0.25) is 0 Å². The Labute approximate surface area is 93.2 Å². The summed E-state index contributed by atoms with van der Waals surface area (Å²) in [5.41, 5.74) is 0.552. The lowest BCUT2D eigenvalue weighted by molar-refractivity contribution is 0.0576. The third-order valence-corrected chi connectivity index (χ3v) is 1.61. The Morgan fingerprint density at radius 2 is 2.12 bits per heavy atom. The number of carbonyl (C=O) groups is 1. The normalized spacial score (nSPS) is 9.69. The lowest BCUT2D eigenvalue weighted by Crippen LogP contribution is -2.15. The fraction of sp³-hybridized carbons (Fsp3) is 0.600. The number of alkyl halides is 2. The number of ether oxygens (including phenoxy) is 1. The summed E-state index contributed by atoms with van der Waals surface area (Å²) in [7, 11) is 1.19. The highest BCUT2D eigenvalue weighted by Gasteiger charge is 2.16. The highest BCUT2D eigenvalue weighted by molar-refractivity contribution is 5.87. The summed E-state index contributed by atoms with van der Waals surface area (Å²) in [6, 6.07) is 1.41. The van der Waals surface area contributed by atoms with E-state index in [1.165, 1.54) is 13.2 Å². The second-order valence-electron chi connectivity index (χ2n) is 2.74. The van der Waals surface area contributed by atoms with Crippen LogP contribution < -0.4 is 0 Å². The molecule has 1 heterocycles. The van der Waals surface area contributed by atoms with E-state index >= 15 is 0 Å². The Hall–Kier alpha value is -1.46. The Balaban J connectivity index is 0.00000106. The molecular weight excluding hydrogens is 218 g/mol. The molecule has 0 N–H and O–H groups in total. The quantitative estimate of drug-likeness (QED) is 0.753. The van der Waals surface area contributed by atoms with Crippen LogP contribution in [0, 0.1) is 6.92 Å². The first-order valence-electron chi connectivity index (χ1n) is 4.95. The minimum Gasteiger partial charge on any atom is -0.464 e. The highest BCUT2D eigenvalue weighted by atomic mass is 19.3. The number of rotatable bonds is 3. The molecule has 0 bridgehead atoms. The molecule has 16 heavy (non-hydrogen) atoms. The number of aromatic nitrogens is 2. The molecule has 0 saturated heterocycles. The first kappa shape index (κ1) is 14.5. The summed E-state index contributed by atoms with van der Waals surface area (Å²) in [6.45, 7) is 5.02. The van der Waals surface area contributed by atoms with Gasteiger partial charge in [-0.2, -0.15) is 5.10 Å². The van der Waals surface area contributed by atoms with E-state index in [1.807, 2.05) is 13.8 Å². The molecule has 4 nitrogen and oxygen atoms in total. The molecular formula is C10H16F2N2O2. The van der Waals surface area contributed by atoms with Crippen LogP contribution in [0.15, 0.2) is 6.07 Å². The molecule has 0 spiro atoms. The molecule has 92 valence electrons. The summed E-state index contributed by atoms with van der Waals surface area (Å²) in [4.78, 5) is 11.1. The van der Waals surface area contributed by atoms with Gasteiger partial charge in [0.2, 0.25) is 0 Å². The monoisotopic (exact) mass is 234 g/mol. The molecule has 0 atom stereocenters. The smallest absolute Gasteiger partial charge is 0.356 e. The van der Waals surface area contributed by atoms with Gasteiger partial charge in [-0.1, -0.05) is 13.8 Å². The minimum atomic E-state index is -2.54. The van der Waals surface area contributed by atoms with E-state index in [4.69, 9.17) is 0 Å². The van der Waals surface area contributed by atoms with E-state index in [0.29, 0.717) is 5.69 Å². The molecule has 0 aliphatic rings. The van der Waals surface area contributed by atoms with Crippen LogP contribution in [-0.2, 0) is 11.3 Å². The largest absolute Gasteiger partial charge is 0.464 e. The number of nitrogens with zero attached hydrogens (tertiary/aromatic N) is 2. The number of methoxy groups -OCH3 is 1. The van der Waals surface area contributed by atoms with Gasteiger partial charge in [0.15, 0.2) is 0 Å². The molecule has 1 aromatic heterocycles. The van der Waals surface area contributed by atoms with Crippen molar-refractivity contribution in [1.29, 1.82) is 0 Å². The van der Waals surface area contributed by atoms with Crippen molar-refractivity contribution in [3.8, 4) is 0 Å². The molecule has 1 rings (SSSR count). The van der Waals surface area contributed by atoms with E-state index in [1.54, 1.807) is 6.92 Å². The van der Waals surface area contributed by atoms with Crippen molar-refractivity contribution in [2.75, 3.05) is 7.11 Å². The van der Waals surface area contributed by atoms with Crippen LogP contribution in [0.4, 0.5) is 8.78 Å². The number of halogens is 2. The SMILES string of the molecule is CC.COC(=O)c1cc(C)nn1CC(F)F. The maximum atomic E-state index is 12.1. The molecule has 0 aliphatic heterocycles. The number of hydrogen-bond donors (Lipinski definition) is 0. The van der Waals surface area contributed by atoms with Gasteiger partial charge in [-0.05, 0) is 13.0 Å². The number of carbonyl (C=O) groups excluding carboxylic acids is 1. The third-order valence-electron chi connectivity index (χ3n) is 1.61. The lowest BCUT2D eigenvalue weighted by Gasteiger charge is -2.04. The predicted octanol–water partition coefficient (Wildman–Crippen LogP) is 2.27. The van der Waals surface area contributed by atoms with Crippen molar-refractivity contribution in [1.82, 2.24) is 9.78 Å². The number of aryl methyl sites for hydroxylation is 1. The maximum Gasteiger partial charge on any atom is 0.356 e. The fourth-order valence-corrected chi connectivity index (χ4v) is 1.08. The van der Waals surface area contributed by atoms with Crippen LogP contribution >= 0.6 is 0 Å². The molecule has 0 aromatic carbocycles. The average Bonchev–Trinajstić information content (AvgIpc) is 2.60. The molecule has 0 unspecified atom stereocenters. The van der Waals surface area contributed by atoms with Crippen LogP contribution in [0.3, 0.4) is 0 Å². The highest BCUT2D eigenvalue weighted by Crippen LogP contribution is 2.07. The predicted molar refractivity (Wildman–Crippen MR) is 55.7 cm³/mol. The van der Waals surface area contributed by atoms with Crippen molar-refractivity contribution < 1.29 is 18.3 Å². The molecule has 1 aromatic rings. The fourth-order valence-electron chi connectivity index (χ4n) is 1.08. The molecule has 0 amide bonds. The van der Waals surface area contributed by atoms with Crippen LogP contribution in [0.25, 0.3) is 0 Å². The van der Waals surface area contributed by atoms with Crippen molar-refractivity contribution in [3.05, 3.63) is 17.5 Å². The molecule has 0 radical (unpaired) electrons. The molecule has 6 heteroatoms. The Morgan fingerprint density at radius 3 is 2.56 bits per heavy atom. The van der Waals surface area contributed by atoms with Crippen molar-refractivity contribution in [2.24, 2.45) is 0 Å². The molecule has 0 aliphatic carbocycles. The van der Waals surface area contributed by atoms with E-state index in [0.717, 1.165) is 4.68 Å². The zero-order chi connectivity index (χ0) is 12.7. The van der Waals surface area contributed by atoms with Crippen LogP contribution in [0.1, 0.15) is 30.0 Å². The van der Waals surface area contributed by atoms with E-state index < -0.39 is 18.9 Å². The van der Waals surface area contributed by atoms with E-state index in [-0.39, 0.29) is 5.69 Å². The van der Waals surface area contributed by atoms with E-state index in [9.17, 15) is 13.6 Å². The van der Waals surface area contributed by atoms with E-state index in [2.05, 4.69) is 9.84 Å². The van der Waals surface area contributed by atoms with Crippen LogP contribution in [-0.4, -0.2) is 29.3 Å². The topological polar surface area (TPSA) is 44.1 Å². The van der Waals surface area contributed by atoms with Crippen molar-refractivity contribution in [2.45, 2.75) is 33.7 Å². The van der Waals surface area contributed by atoms with Gasteiger partial charge in [-0.25, -0.2) is 13.6 Å². The van der Waals surface area contributed by atoms with Crippen molar-refractivity contribution >= 4 is 5.97 Å². The summed E-state index contributed by atoms with van der Waals surface area (Å²) < 4.78 is 29.5. The lowest BCUT2D eigenvalue weighted by atomic mass is 10.4. The molecule has 0 fully saturated rings. The van der Waals surface area contributed by atoms with Gasteiger partial charge in [-0.3, -0.25) is 4.68 Å². The first-order valence-corrected chi connectivity index (χ1v) is 4.95. The van der Waals surface area contributed by atoms with Gasteiger partial charge in [-0.15, -0.1) is 0 Å². The Bertz CT molecular complexity index is 338. The number of hydrogen-bond acceptors (Lipinski definition) is 3. The maximum absolute atomic E-state index is 12.1. The summed E-state index contributed by atoms with van der Waals surface area (Å²) in [5.74, 6) is -0.661. The average molecular weight is 234 g/mol. The van der Waals surface area contributed by atoms with Gasteiger partial charge in [0.05, 0.1) is 12.8 Å². The second kappa shape index (κ2) is 6.92. The van der Waals surface area contributed by atoms with Crippen LogP contribution in [0.5, 0.6) is 0 Å². The summed E-state index contributed by atoms with van der Waals surface area (Å²) >= 11 is 0. The van der Waals surface area contributed by atoms with Gasteiger partial charge in [0.1, 0.15) is 12.2 Å². The van der Waals surface area contributed by atoms with Crippen molar-refractivity contribution in [3.63, 3.8) is 0 Å².